The summed E-state index contributed by atoms with van der Waals surface area (Å²) in [5.41, 5.74) is -1.68. The number of carboxylic acids is 1. The van der Waals surface area contributed by atoms with Crippen molar-refractivity contribution in [1.29, 1.82) is 0 Å². The van der Waals surface area contributed by atoms with Gasteiger partial charge < -0.3 is 35.2 Å². The first-order valence-electron chi connectivity index (χ1n) is 7.59. The van der Waals surface area contributed by atoms with Gasteiger partial charge in [-0.1, -0.05) is 6.92 Å². The van der Waals surface area contributed by atoms with Crippen LogP contribution in [0.1, 0.15) is 27.2 Å². The van der Waals surface area contributed by atoms with E-state index in [4.69, 9.17) is 9.84 Å². The lowest BCUT2D eigenvalue weighted by atomic mass is 9.83. The first kappa shape index (κ1) is 22.7. The van der Waals surface area contributed by atoms with Crippen LogP contribution in [0, 0.1) is 5.92 Å². The van der Waals surface area contributed by atoms with Gasteiger partial charge in [0.05, 0.1) is 24.9 Å². The molecule has 0 aromatic rings. The molecule has 0 aliphatic heterocycles. The number of carbonyl (C=O) groups is 2. The van der Waals surface area contributed by atoms with Gasteiger partial charge in [0.1, 0.15) is 6.10 Å². The number of carboxylic acid groups (broad SMARTS) is 1. The maximum atomic E-state index is 11.7. The van der Waals surface area contributed by atoms with Crippen LogP contribution in [-0.4, -0.2) is 93.0 Å². The second-order valence-electron chi connectivity index (χ2n) is 6.23. The van der Waals surface area contributed by atoms with Crippen LogP contribution in [0.2, 0.25) is 0 Å². The van der Waals surface area contributed by atoms with Gasteiger partial charge in [-0.15, -0.1) is 0 Å². The zero-order valence-corrected chi connectivity index (χ0v) is 14.7. The van der Waals surface area contributed by atoms with Crippen LogP contribution in [-0.2, 0) is 14.3 Å². The molecule has 142 valence electrons. The molecule has 24 heavy (non-hydrogen) atoms. The van der Waals surface area contributed by atoms with Gasteiger partial charge in [-0.25, -0.2) is 4.79 Å². The van der Waals surface area contributed by atoms with E-state index in [2.05, 4.69) is 0 Å². The Hall–Kier alpha value is -1.26. The van der Waals surface area contributed by atoms with Gasteiger partial charge in [-0.2, -0.15) is 0 Å². The molecule has 1 amide bonds. The number of aliphatic hydroxyl groups excluding tert-OH is 4. The summed E-state index contributed by atoms with van der Waals surface area (Å²) < 4.78 is 4.95. The summed E-state index contributed by atoms with van der Waals surface area (Å²) in [6.07, 6.45) is -4.57. The van der Waals surface area contributed by atoms with Crippen LogP contribution < -0.4 is 0 Å². The first-order valence-corrected chi connectivity index (χ1v) is 7.59. The molecular weight excluding hydrogens is 322 g/mol. The topological polar surface area (TPSA) is 148 Å². The highest BCUT2D eigenvalue weighted by atomic mass is 16.5. The van der Waals surface area contributed by atoms with Gasteiger partial charge in [0.25, 0.3) is 0 Å². The van der Waals surface area contributed by atoms with E-state index in [0.29, 0.717) is 0 Å². The maximum absolute atomic E-state index is 11.7. The highest BCUT2D eigenvalue weighted by Crippen LogP contribution is 2.26. The molecule has 6 atom stereocenters. The molecule has 4 unspecified atom stereocenters. The quantitative estimate of drug-likeness (QED) is 0.317. The largest absolute Gasteiger partial charge is 0.479 e. The average molecular weight is 351 g/mol. The average Bonchev–Trinajstić information content (AvgIpc) is 2.52. The summed E-state index contributed by atoms with van der Waals surface area (Å²) in [5, 5.41) is 48.4. The molecular formula is C15H29NO8. The van der Waals surface area contributed by atoms with Crippen LogP contribution in [0.3, 0.4) is 0 Å². The minimum atomic E-state index is -1.68. The number of nitrogens with zero attached hydrogens (tertiary/aromatic N) is 1. The van der Waals surface area contributed by atoms with Crippen LogP contribution in [0.4, 0.5) is 0 Å². The lowest BCUT2D eigenvalue weighted by Crippen LogP contribution is -2.55. The summed E-state index contributed by atoms with van der Waals surface area (Å²) >= 11 is 0. The molecule has 0 bridgehead atoms. The predicted molar refractivity (Wildman–Crippen MR) is 84.2 cm³/mol. The van der Waals surface area contributed by atoms with Crippen LogP contribution >= 0.6 is 0 Å². The Morgan fingerprint density at radius 1 is 1.21 bits per heavy atom. The van der Waals surface area contributed by atoms with Crippen molar-refractivity contribution >= 4 is 11.9 Å². The number of rotatable bonds is 10. The highest BCUT2D eigenvalue weighted by Gasteiger charge is 2.43. The van der Waals surface area contributed by atoms with E-state index < -0.39 is 54.4 Å². The van der Waals surface area contributed by atoms with Crippen molar-refractivity contribution in [3.8, 4) is 0 Å². The molecule has 5 N–H and O–H groups in total. The van der Waals surface area contributed by atoms with Crippen molar-refractivity contribution < 1.29 is 39.9 Å². The highest BCUT2D eigenvalue weighted by molar-refractivity contribution is 5.77. The van der Waals surface area contributed by atoms with E-state index in [9.17, 15) is 30.0 Å². The van der Waals surface area contributed by atoms with E-state index in [1.807, 2.05) is 0 Å². The van der Waals surface area contributed by atoms with Gasteiger partial charge in [0, 0.05) is 33.4 Å². The predicted octanol–water partition coefficient (Wildman–Crippen LogP) is -1.58. The third kappa shape index (κ3) is 5.38. The van der Waals surface area contributed by atoms with Crippen molar-refractivity contribution in [2.75, 3.05) is 20.8 Å². The van der Waals surface area contributed by atoms with Crippen molar-refractivity contribution in [3.05, 3.63) is 0 Å². The molecule has 0 saturated carbocycles. The molecule has 0 aromatic carbocycles. The number of aliphatic carboxylic acids is 1. The zero-order valence-electron chi connectivity index (χ0n) is 14.7. The number of amides is 1. The van der Waals surface area contributed by atoms with Gasteiger partial charge >= 0.3 is 5.97 Å². The molecule has 0 rings (SSSR count). The second kappa shape index (κ2) is 9.28. The van der Waals surface area contributed by atoms with E-state index in [-0.39, 0.29) is 6.42 Å². The number of carbonyl (C=O) groups excluding carboxylic acids is 1. The van der Waals surface area contributed by atoms with Crippen molar-refractivity contribution in [1.82, 2.24) is 4.90 Å². The number of hydrogen-bond donors (Lipinski definition) is 5. The lowest BCUT2D eigenvalue weighted by molar-refractivity contribution is -0.166. The Morgan fingerprint density at radius 3 is 2.04 bits per heavy atom. The fraction of sp³-hybridized carbons (Fsp3) is 0.867. The normalized spacial score (nSPS) is 20.4. The Bertz CT molecular complexity index is 432. The summed E-state index contributed by atoms with van der Waals surface area (Å²) in [7, 11) is 2.59. The standard InChI is InChI=1S/C15H29NO8/c1-8(13(21)11(20)7-17)12(16(4)9(2)18)10(19)6-15(3,24-5)14(22)23/h8,10-13,17,19-21H,6-7H2,1-5H3,(H,22,23)/t8?,10?,11-,12?,13+,15?/m1/s1. The molecule has 0 saturated heterocycles. The van der Waals surface area contributed by atoms with Gasteiger partial charge in [0.2, 0.25) is 5.91 Å². The zero-order chi connectivity index (χ0) is 19.2. The number of ether oxygens (including phenoxy) is 1. The van der Waals surface area contributed by atoms with E-state index >= 15 is 0 Å². The fourth-order valence-corrected chi connectivity index (χ4v) is 2.61. The van der Waals surface area contributed by atoms with E-state index in [0.717, 1.165) is 0 Å². The molecule has 0 radical (unpaired) electrons. The first-order chi connectivity index (χ1) is 10.9. The Labute approximate surface area is 141 Å². The van der Waals surface area contributed by atoms with Gasteiger partial charge in [-0.3, -0.25) is 4.79 Å². The molecule has 0 aliphatic carbocycles. The lowest BCUT2D eigenvalue weighted by Gasteiger charge is -2.40. The Kier molecular flexibility index (Phi) is 8.80. The summed E-state index contributed by atoms with van der Waals surface area (Å²) in [6, 6.07) is -0.993. The van der Waals surface area contributed by atoms with Crippen molar-refractivity contribution in [2.24, 2.45) is 5.92 Å². The van der Waals surface area contributed by atoms with E-state index in [1.54, 1.807) is 0 Å². The molecule has 9 heteroatoms. The number of aliphatic hydroxyl groups is 4. The summed E-state index contributed by atoms with van der Waals surface area (Å²) in [4.78, 5) is 24.2. The molecule has 0 fully saturated rings. The molecule has 0 aliphatic rings. The monoisotopic (exact) mass is 351 g/mol. The van der Waals surface area contributed by atoms with Crippen LogP contribution in [0.15, 0.2) is 0 Å². The molecule has 0 aromatic heterocycles. The SMILES string of the molecule is COC(C)(CC(O)C(C(C)[C@H](O)[C@H](O)CO)N(C)C(C)=O)C(=O)O. The molecule has 0 spiro atoms. The van der Waals surface area contributed by atoms with E-state index in [1.165, 1.54) is 39.8 Å². The minimum absolute atomic E-state index is 0.340. The maximum Gasteiger partial charge on any atom is 0.335 e. The van der Waals surface area contributed by atoms with Crippen molar-refractivity contribution in [3.63, 3.8) is 0 Å². The number of hydrogen-bond acceptors (Lipinski definition) is 7. The summed E-state index contributed by atoms with van der Waals surface area (Å²) in [6.45, 7) is 3.34. The van der Waals surface area contributed by atoms with Gasteiger partial charge in [0.15, 0.2) is 5.60 Å². The second-order valence-corrected chi connectivity index (χ2v) is 6.23. The molecule has 0 heterocycles. The van der Waals surface area contributed by atoms with Gasteiger partial charge in [-0.05, 0) is 6.92 Å². The van der Waals surface area contributed by atoms with Crippen molar-refractivity contribution in [2.45, 2.75) is 57.1 Å². The minimum Gasteiger partial charge on any atom is -0.479 e. The molecule has 9 nitrogen and oxygen atoms in total. The number of methoxy groups -OCH3 is 1. The number of likely N-dealkylation sites (N-methyl/N-ethyl adjacent to an activating group) is 1. The third-order valence-electron chi connectivity index (χ3n) is 4.50. The third-order valence-corrected chi connectivity index (χ3v) is 4.50. The summed E-state index contributed by atoms with van der Waals surface area (Å²) in [5.74, 6) is -2.53. The van der Waals surface area contributed by atoms with Crippen LogP contribution in [0.25, 0.3) is 0 Å². The fourth-order valence-electron chi connectivity index (χ4n) is 2.61. The smallest absolute Gasteiger partial charge is 0.335 e. The van der Waals surface area contributed by atoms with Crippen LogP contribution in [0.5, 0.6) is 0 Å². The Morgan fingerprint density at radius 2 is 1.71 bits per heavy atom. The Balaban J connectivity index is 5.56.